The van der Waals surface area contributed by atoms with Crippen LogP contribution in [0, 0.1) is 6.92 Å². The van der Waals surface area contributed by atoms with Crippen LogP contribution in [0.5, 0.6) is 0 Å². The Morgan fingerprint density at radius 3 is 2.83 bits per heavy atom. The van der Waals surface area contributed by atoms with Crippen LogP contribution in [0.15, 0.2) is 10.7 Å². The standard InChI is InChI=1S/C16H21N7O/c1-9(2)16-20-13(21-24-16)12-6-5-7-23(12)15-11-8-17-22(4)14(11)18-10(3)19-15/h8-9,12H,5-7H2,1-4H3/t12-/m0/s1. The Morgan fingerprint density at radius 1 is 1.25 bits per heavy atom. The van der Waals surface area contributed by atoms with Crippen LogP contribution >= 0.6 is 0 Å². The third kappa shape index (κ3) is 2.33. The van der Waals surface area contributed by atoms with Gasteiger partial charge in [-0.3, -0.25) is 4.68 Å². The summed E-state index contributed by atoms with van der Waals surface area (Å²) >= 11 is 0. The molecule has 4 heterocycles. The van der Waals surface area contributed by atoms with Crippen LogP contribution in [0.3, 0.4) is 0 Å². The number of nitrogens with zero attached hydrogens (tertiary/aromatic N) is 7. The third-order valence-electron chi connectivity index (χ3n) is 4.46. The number of hydrogen-bond donors (Lipinski definition) is 0. The van der Waals surface area contributed by atoms with Crippen molar-refractivity contribution >= 4 is 16.9 Å². The Balaban J connectivity index is 1.77. The molecule has 1 aliphatic heterocycles. The van der Waals surface area contributed by atoms with Gasteiger partial charge in [0.2, 0.25) is 5.89 Å². The van der Waals surface area contributed by atoms with Crippen LogP contribution in [0.2, 0.25) is 0 Å². The van der Waals surface area contributed by atoms with Crippen molar-refractivity contribution in [2.45, 2.75) is 45.6 Å². The van der Waals surface area contributed by atoms with E-state index < -0.39 is 0 Å². The molecule has 4 rings (SSSR count). The molecule has 0 amide bonds. The Bertz CT molecular complexity index is 882. The van der Waals surface area contributed by atoms with E-state index in [0.717, 1.165) is 47.9 Å². The number of rotatable bonds is 3. The maximum absolute atomic E-state index is 5.40. The summed E-state index contributed by atoms with van der Waals surface area (Å²) in [5, 5.41) is 9.50. The van der Waals surface area contributed by atoms with Crippen LogP contribution in [0.1, 0.15) is 56.2 Å². The second kappa shape index (κ2) is 5.54. The molecule has 3 aromatic heterocycles. The van der Waals surface area contributed by atoms with Gasteiger partial charge in [-0.05, 0) is 19.8 Å². The van der Waals surface area contributed by atoms with Crippen molar-refractivity contribution in [3.8, 4) is 0 Å². The first-order valence-corrected chi connectivity index (χ1v) is 8.31. The molecule has 0 radical (unpaired) electrons. The van der Waals surface area contributed by atoms with Crippen molar-refractivity contribution in [3.05, 3.63) is 23.7 Å². The minimum atomic E-state index is 0.0824. The lowest BCUT2D eigenvalue weighted by atomic mass is 10.2. The Labute approximate surface area is 139 Å². The van der Waals surface area contributed by atoms with Gasteiger partial charge in [0.1, 0.15) is 11.6 Å². The fourth-order valence-electron chi connectivity index (χ4n) is 3.24. The molecule has 1 saturated heterocycles. The summed E-state index contributed by atoms with van der Waals surface area (Å²) in [6.07, 6.45) is 3.89. The van der Waals surface area contributed by atoms with Gasteiger partial charge in [0, 0.05) is 19.5 Å². The van der Waals surface area contributed by atoms with Crippen molar-refractivity contribution in [3.63, 3.8) is 0 Å². The smallest absolute Gasteiger partial charge is 0.229 e. The number of fused-ring (bicyclic) bond motifs is 1. The van der Waals surface area contributed by atoms with E-state index in [1.807, 2.05) is 20.2 Å². The number of anilines is 1. The van der Waals surface area contributed by atoms with Crippen molar-refractivity contribution < 1.29 is 4.52 Å². The largest absolute Gasteiger partial charge is 0.345 e. The van der Waals surface area contributed by atoms with Crippen LogP contribution in [0.25, 0.3) is 11.0 Å². The maximum Gasteiger partial charge on any atom is 0.229 e. The van der Waals surface area contributed by atoms with Crippen molar-refractivity contribution in [2.75, 3.05) is 11.4 Å². The highest BCUT2D eigenvalue weighted by Crippen LogP contribution is 2.37. The van der Waals surface area contributed by atoms with Gasteiger partial charge in [-0.15, -0.1) is 0 Å². The highest BCUT2D eigenvalue weighted by atomic mass is 16.5. The molecule has 3 aromatic rings. The summed E-state index contributed by atoms with van der Waals surface area (Å²) in [5.74, 6) is 3.30. The topological polar surface area (TPSA) is 85.8 Å². The van der Waals surface area contributed by atoms with Crippen molar-refractivity contribution in [2.24, 2.45) is 7.05 Å². The molecular weight excluding hydrogens is 306 g/mol. The van der Waals surface area contributed by atoms with Gasteiger partial charge < -0.3 is 9.42 Å². The molecule has 8 heteroatoms. The lowest BCUT2D eigenvalue weighted by Gasteiger charge is -2.24. The maximum atomic E-state index is 5.40. The predicted octanol–water partition coefficient (Wildman–Crippen LogP) is 2.52. The summed E-state index contributed by atoms with van der Waals surface area (Å²) in [7, 11) is 1.90. The first-order valence-electron chi connectivity index (χ1n) is 8.31. The van der Waals surface area contributed by atoms with E-state index in [1.165, 1.54) is 0 Å². The number of hydrogen-bond acceptors (Lipinski definition) is 7. The zero-order chi connectivity index (χ0) is 16.8. The van der Waals surface area contributed by atoms with E-state index in [4.69, 9.17) is 4.52 Å². The number of aromatic nitrogens is 6. The van der Waals surface area contributed by atoms with E-state index >= 15 is 0 Å². The van der Waals surface area contributed by atoms with E-state index in [1.54, 1.807) is 4.68 Å². The second-order valence-corrected chi connectivity index (χ2v) is 6.60. The summed E-state index contributed by atoms with van der Waals surface area (Å²) in [6.45, 7) is 6.93. The third-order valence-corrected chi connectivity index (χ3v) is 4.46. The molecule has 0 spiro atoms. The molecule has 8 nitrogen and oxygen atoms in total. The van der Waals surface area contributed by atoms with Crippen LogP contribution in [0.4, 0.5) is 5.82 Å². The molecule has 24 heavy (non-hydrogen) atoms. The minimum Gasteiger partial charge on any atom is -0.345 e. The van der Waals surface area contributed by atoms with Crippen molar-refractivity contribution in [1.29, 1.82) is 0 Å². The monoisotopic (exact) mass is 327 g/mol. The van der Waals surface area contributed by atoms with E-state index in [-0.39, 0.29) is 12.0 Å². The average molecular weight is 327 g/mol. The van der Waals surface area contributed by atoms with Crippen LogP contribution < -0.4 is 4.90 Å². The molecule has 0 N–H and O–H groups in total. The molecule has 0 unspecified atom stereocenters. The highest BCUT2D eigenvalue weighted by Gasteiger charge is 2.33. The molecule has 126 valence electrons. The van der Waals surface area contributed by atoms with Gasteiger partial charge in [0.25, 0.3) is 0 Å². The molecule has 0 bridgehead atoms. The summed E-state index contributed by atoms with van der Waals surface area (Å²) < 4.78 is 7.18. The van der Waals surface area contributed by atoms with Crippen LogP contribution in [-0.2, 0) is 7.05 Å². The lowest BCUT2D eigenvalue weighted by Crippen LogP contribution is -2.25. The van der Waals surface area contributed by atoms with Crippen molar-refractivity contribution in [1.82, 2.24) is 29.9 Å². The normalized spacial score (nSPS) is 18.2. The Kier molecular flexibility index (Phi) is 3.47. The van der Waals surface area contributed by atoms with Gasteiger partial charge in [-0.25, -0.2) is 9.97 Å². The molecule has 1 fully saturated rings. The van der Waals surface area contributed by atoms with E-state index in [9.17, 15) is 0 Å². The number of aryl methyl sites for hydroxylation is 2. The minimum absolute atomic E-state index is 0.0824. The van der Waals surface area contributed by atoms with E-state index in [2.05, 4.69) is 44.0 Å². The SMILES string of the molecule is Cc1nc(N2CCC[C@H]2c2noc(C(C)C)n2)c2cnn(C)c2n1. The molecule has 1 atom stereocenters. The lowest BCUT2D eigenvalue weighted by molar-refractivity contribution is 0.358. The summed E-state index contributed by atoms with van der Waals surface area (Å²) in [4.78, 5) is 16.0. The van der Waals surface area contributed by atoms with Crippen LogP contribution in [-0.4, -0.2) is 36.4 Å². The quantitative estimate of drug-likeness (QED) is 0.730. The first kappa shape index (κ1) is 15.0. The zero-order valence-corrected chi connectivity index (χ0v) is 14.4. The highest BCUT2D eigenvalue weighted by molar-refractivity contribution is 5.87. The Morgan fingerprint density at radius 2 is 2.08 bits per heavy atom. The second-order valence-electron chi connectivity index (χ2n) is 6.60. The van der Waals surface area contributed by atoms with Gasteiger partial charge in [0.15, 0.2) is 11.5 Å². The predicted molar refractivity (Wildman–Crippen MR) is 88.7 cm³/mol. The van der Waals surface area contributed by atoms with Gasteiger partial charge in [-0.2, -0.15) is 10.1 Å². The molecule has 1 aliphatic rings. The van der Waals surface area contributed by atoms with Gasteiger partial charge in [0.05, 0.1) is 17.6 Å². The summed E-state index contributed by atoms with van der Waals surface area (Å²) in [6, 6.07) is 0.0824. The zero-order valence-electron chi connectivity index (χ0n) is 14.4. The van der Waals surface area contributed by atoms with Gasteiger partial charge >= 0.3 is 0 Å². The molecule has 0 aromatic carbocycles. The molecule has 0 saturated carbocycles. The summed E-state index contributed by atoms with van der Waals surface area (Å²) in [5.41, 5.74) is 0.846. The van der Waals surface area contributed by atoms with E-state index in [0.29, 0.717) is 5.89 Å². The fraction of sp³-hybridized carbons (Fsp3) is 0.562. The Hall–Kier alpha value is -2.51. The molecular formula is C16H21N7O. The van der Waals surface area contributed by atoms with Gasteiger partial charge in [-0.1, -0.05) is 19.0 Å². The molecule has 0 aliphatic carbocycles. The average Bonchev–Trinajstić information content (AvgIpc) is 3.25. The first-order chi connectivity index (χ1) is 11.5. The fourth-order valence-corrected chi connectivity index (χ4v) is 3.24.